The fraction of sp³-hybridized carbons (Fsp3) is 0.167. The number of ether oxygens (including phenoxy) is 1. The molecule has 0 unspecified atom stereocenters. The average Bonchev–Trinajstić information content (AvgIpc) is 2.73. The number of halogens is 3. The molecule has 1 aromatic carbocycles. The number of cyclic esters (lactones) is 1. The van der Waals surface area contributed by atoms with Gasteiger partial charge in [0, 0.05) is 11.8 Å². The maximum Gasteiger partial charge on any atom is 0.416 e. The van der Waals surface area contributed by atoms with Crippen LogP contribution in [-0.4, -0.2) is 18.6 Å². The minimum Gasteiger partial charge on any atom is -0.456 e. The molecule has 0 aliphatic carbocycles. The van der Waals surface area contributed by atoms with Crippen molar-refractivity contribution >= 4 is 17.7 Å². The van der Waals surface area contributed by atoms with Crippen molar-refractivity contribution in [2.45, 2.75) is 6.18 Å². The third-order valence-electron chi connectivity index (χ3n) is 2.38. The molecule has 0 saturated heterocycles. The number of hydrogen-bond acceptors (Lipinski definition) is 3. The molecule has 0 bridgehead atoms. The molecular weight excluding hydrogens is 277 g/mol. The summed E-state index contributed by atoms with van der Waals surface area (Å²) in [4.78, 5) is 22.3. The SMILES string of the molecule is O=C(NC1=CC(=O)OC1)Nc1cccc(C(F)(F)F)c1. The number of amides is 2. The Morgan fingerprint density at radius 2 is 2.00 bits per heavy atom. The molecule has 0 atom stereocenters. The first kappa shape index (κ1) is 13.9. The van der Waals surface area contributed by atoms with E-state index in [1.165, 1.54) is 12.1 Å². The fourth-order valence-electron chi connectivity index (χ4n) is 1.53. The maximum absolute atomic E-state index is 12.5. The Bertz CT molecular complexity index is 582. The third kappa shape index (κ3) is 3.50. The molecule has 0 saturated carbocycles. The van der Waals surface area contributed by atoms with E-state index in [2.05, 4.69) is 15.4 Å². The molecule has 8 heteroatoms. The summed E-state index contributed by atoms with van der Waals surface area (Å²) in [6, 6.07) is 3.45. The van der Waals surface area contributed by atoms with Gasteiger partial charge in [-0.2, -0.15) is 13.2 Å². The Kier molecular flexibility index (Phi) is 3.64. The molecule has 1 aliphatic heterocycles. The van der Waals surface area contributed by atoms with Crippen LogP contribution in [0.5, 0.6) is 0 Å². The van der Waals surface area contributed by atoms with Gasteiger partial charge in [-0.15, -0.1) is 0 Å². The average molecular weight is 286 g/mol. The van der Waals surface area contributed by atoms with E-state index in [1.807, 2.05) is 0 Å². The van der Waals surface area contributed by atoms with Crippen LogP contribution >= 0.6 is 0 Å². The van der Waals surface area contributed by atoms with Crippen LogP contribution in [0, 0.1) is 0 Å². The first-order valence-corrected chi connectivity index (χ1v) is 5.47. The smallest absolute Gasteiger partial charge is 0.416 e. The molecule has 0 aromatic heterocycles. The summed E-state index contributed by atoms with van der Waals surface area (Å²) in [6.45, 7) is -0.0746. The molecule has 1 aromatic rings. The standard InChI is InChI=1S/C12H9F3N2O3/c13-12(14,15)7-2-1-3-8(4-7)16-11(19)17-9-5-10(18)20-6-9/h1-5H,6H2,(H2,16,17,19). The molecule has 0 spiro atoms. The molecule has 2 amide bonds. The molecule has 5 nitrogen and oxygen atoms in total. The topological polar surface area (TPSA) is 67.4 Å². The van der Waals surface area contributed by atoms with Gasteiger partial charge < -0.3 is 15.4 Å². The van der Waals surface area contributed by atoms with Gasteiger partial charge >= 0.3 is 18.2 Å². The largest absolute Gasteiger partial charge is 0.456 e. The first-order chi connectivity index (χ1) is 9.34. The highest BCUT2D eigenvalue weighted by Crippen LogP contribution is 2.30. The van der Waals surface area contributed by atoms with Crippen molar-refractivity contribution in [3.05, 3.63) is 41.6 Å². The second kappa shape index (κ2) is 5.24. The predicted molar refractivity (Wildman–Crippen MR) is 62.6 cm³/mol. The van der Waals surface area contributed by atoms with Gasteiger partial charge in [0.25, 0.3) is 0 Å². The minimum atomic E-state index is -4.48. The highest BCUT2D eigenvalue weighted by Gasteiger charge is 2.30. The lowest BCUT2D eigenvalue weighted by atomic mass is 10.2. The summed E-state index contributed by atoms with van der Waals surface area (Å²) in [6.07, 6.45) is -3.39. The molecule has 2 rings (SSSR count). The number of esters is 1. The zero-order valence-corrected chi connectivity index (χ0v) is 9.95. The summed E-state index contributed by atoms with van der Waals surface area (Å²) in [5.41, 5.74) is -0.642. The van der Waals surface area contributed by atoms with E-state index < -0.39 is 23.7 Å². The molecule has 20 heavy (non-hydrogen) atoms. The molecule has 0 radical (unpaired) electrons. The van der Waals surface area contributed by atoms with Gasteiger partial charge in [-0.1, -0.05) is 6.07 Å². The molecule has 2 N–H and O–H groups in total. The maximum atomic E-state index is 12.5. The Balaban J connectivity index is 2.01. The lowest BCUT2D eigenvalue weighted by molar-refractivity contribution is -0.137. The van der Waals surface area contributed by atoms with E-state index in [0.717, 1.165) is 18.2 Å². The highest BCUT2D eigenvalue weighted by molar-refractivity contribution is 5.92. The van der Waals surface area contributed by atoms with E-state index in [-0.39, 0.29) is 18.0 Å². The van der Waals surface area contributed by atoms with Crippen LogP contribution in [0.15, 0.2) is 36.0 Å². The van der Waals surface area contributed by atoms with E-state index in [4.69, 9.17) is 0 Å². The lowest BCUT2D eigenvalue weighted by Gasteiger charge is -2.10. The second-order valence-electron chi connectivity index (χ2n) is 3.93. The second-order valence-corrected chi connectivity index (χ2v) is 3.93. The van der Waals surface area contributed by atoms with Gasteiger partial charge in [-0.05, 0) is 18.2 Å². The fourth-order valence-corrected chi connectivity index (χ4v) is 1.53. The minimum absolute atomic E-state index is 0.0110. The van der Waals surface area contributed by atoms with Crippen molar-refractivity contribution < 1.29 is 27.5 Å². The molecule has 1 heterocycles. The van der Waals surface area contributed by atoms with Crippen LogP contribution < -0.4 is 10.6 Å². The van der Waals surface area contributed by atoms with Crippen molar-refractivity contribution in [3.63, 3.8) is 0 Å². The highest BCUT2D eigenvalue weighted by atomic mass is 19.4. The van der Waals surface area contributed by atoms with Crippen LogP contribution in [0.2, 0.25) is 0 Å². The van der Waals surface area contributed by atoms with E-state index >= 15 is 0 Å². The van der Waals surface area contributed by atoms with Gasteiger partial charge in [-0.3, -0.25) is 0 Å². The Morgan fingerprint density at radius 1 is 1.25 bits per heavy atom. The summed E-state index contributed by atoms with van der Waals surface area (Å²) in [5, 5.41) is 4.54. The van der Waals surface area contributed by atoms with E-state index in [9.17, 15) is 22.8 Å². The van der Waals surface area contributed by atoms with Crippen molar-refractivity contribution in [2.24, 2.45) is 0 Å². The number of anilines is 1. The number of carbonyl (C=O) groups excluding carboxylic acids is 2. The summed E-state index contributed by atoms with van der Waals surface area (Å²) in [5.74, 6) is -0.584. The first-order valence-electron chi connectivity index (χ1n) is 5.47. The predicted octanol–water partition coefficient (Wildman–Crippen LogP) is 2.27. The Labute approximate surface area is 111 Å². The monoisotopic (exact) mass is 286 g/mol. The molecule has 106 valence electrons. The van der Waals surface area contributed by atoms with Crippen LogP contribution in [0.25, 0.3) is 0 Å². The van der Waals surface area contributed by atoms with Crippen LogP contribution in [0.4, 0.5) is 23.7 Å². The van der Waals surface area contributed by atoms with Crippen molar-refractivity contribution in [3.8, 4) is 0 Å². The Morgan fingerprint density at radius 3 is 2.60 bits per heavy atom. The van der Waals surface area contributed by atoms with E-state index in [1.54, 1.807) is 0 Å². The van der Waals surface area contributed by atoms with Crippen LogP contribution in [-0.2, 0) is 15.7 Å². The third-order valence-corrected chi connectivity index (χ3v) is 2.38. The van der Waals surface area contributed by atoms with Crippen molar-refractivity contribution in [2.75, 3.05) is 11.9 Å². The zero-order valence-electron chi connectivity index (χ0n) is 9.95. The number of hydrogen-bond donors (Lipinski definition) is 2. The quantitative estimate of drug-likeness (QED) is 0.819. The number of nitrogens with one attached hydrogen (secondary N) is 2. The number of benzene rings is 1. The molecule has 1 aliphatic rings. The lowest BCUT2D eigenvalue weighted by Crippen LogP contribution is -2.28. The van der Waals surface area contributed by atoms with Crippen molar-refractivity contribution in [1.82, 2.24) is 5.32 Å². The normalized spacial score (nSPS) is 14.6. The number of rotatable bonds is 2. The van der Waals surface area contributed by atoms with E-state index in [0.29, 0.717) is 0 Å². The van der Waals surface area contributed by atoms with Gasteiger partial charge in [0.2, 0.25) is 0 Å². The molecule has 0 fully saturated rings. The van der Waals surface area contributed by atoms with Gasteiger partial charge in [0.15, 0.2) is 0 Å². The van der Waals surface area contributed by atoms with Crippen LogP contribution in [0.3, 0.4) is 0 Å². The number of alkyl halides is 3. The number of urea groups is 1. The summed E-state index contributed by atoms with van der Waals surface area (Å²) < 4.78 is 42.0. The summed E-state index contributed by atoms with van der Waals surface area (Å²) in [7, 11) is 0. The molecular formula is C12H9F3N2O3. The summed E-state index contributed by atoms with van der Waals surface area (Å²) >= 11 is 0. The Hall–Kier alpha value is -2.51. The van der Waals surface area contributed by atoms with Crippen molar-refractivity contribution in [1.29, 1.82) is 0 Å². The van der Waals surface area contributed by atoms with Gasteiger partial charge in [0.05, 0.1) is 11.3 Å². The van der Waals surface area contributed by atoms with Gasteiger partial charge in [-0.25, -0.2) is 9.59 Å². The number of carbonyl (C=O) groups is 2. The zero-order chi connectivity index (χ0) is 14.8. The van der Waals surface area contributed by atoms with Gasteiger partial charge in [0.1, 0.15) is 6.61 Å². The van der Waals surface area contributed by atoms with Crippen LogP contribution in [0.1, 0.15) is 5.56 Å².